The van der Waals surface area contributed by atoms with Gasteiger partial charge in [-0.05, 0) is 50.1 Å². The SMILES string of the molecule is ClC(C=Cc1cccnc1)=NOCCCN1CCCCC1.O=C(O)C=CC(=O)O. The number of halogens is 1. The lowest BCUT2D eigenvalue weighted by molar-refractivity contribution is -0.134. The summed E-state index contributed by atoms with van der Waals surface area (Å²) in [6.07, 6.45) is 13.2. The summed E-state index contributed by atoms with van der Waals surface area (Å²) in [5.74, 6) is -2.51. The predicted molar refractivity (Wildman–Crippen MR) is 112 cm³/mol. The molecule has 0 aliphatic carbocycles. The van der Waals surface area contributed by atoms with Crippen molar-refractivity contribution in [2.75, 3.05) is 26.2 Å². The van der Waals surface area contributed by atoms with E-state index < -0.39 is 11.9 Å². The Morgan fingerprint density at radius 2 is 1.86 bits per heavy atom. The van der Waals surface area contributed by atoms with Crippen LogP contribution in [0.15, 0.2) is 47.9 Å². The number of allylic oxidation sites excluding steroid dienone is 1. The number of oxime groups is 1. The van der Waals surface area contributed by atoms with Crippen molar-refractivity contribution in [3.63, 3.8) is 0 Å². The second-order valence-electron chi connectivity index (χ2n) is 6.13. The van der Waals surface area contributed by atoms with Gasteiger partial charge in [0.1, 0.15) is 6.61 Å². The normalized spacial score (nSPS) is 15.1. The van der Waals surface area contributed by atoms with Crippen LogP contribution in [0.25, 0.3) is 6.08 Å². The largest absolute Gasteiger partial charge is 0.478 e. The Kier molecular flexibility index (Phi) is 12.8. The van der Waals surface area contributed by atoms with Crippen LogP contribution in [0.5, 0.6) is 0 Å². The summed E-state index contributed by atoms with van der Waals surface area (Å²) in [6, 6.07) is 3.83. The molecular weight excluding hydrogens is 398 g/mol. The first-order chi connectivity index (χ1) is 14.0. The number of pyridine rings is 1. The van der Waals surface area contributed by atoms with Gasteiger partial charge in [-0.2, -0.15) is 0 Å². The van der Waals surface area contributed by atoms with Gasteiger partial charge in [0.15, 0.2) is 5.17 Å². The third kappa shape index (κ3) is 14.0. The number of likely N-dealkylation sites (tertiary alicyclic amines) is 1. The van der Waals surface area contributed by atoms with Crippen molar-refractivity contribution in [3.05, 3.63) is 48.3 Å². The van der Waals surface area contributed by atoms with Crippen molar-refractivity contribution in [3.8, 4) is 0 Å². The van der Waals surface area contributed by atoms with Crippen LogP contribution in [0.4, 0.5) is 0 Å². The molecule has 2 N–H and O–H groups in total. The molecule has 0 aromatic carbocycles. The van der Waals surface area contributed by atoms with Crippen LogP contribution in [-0.4, -0.2) is 63.4 Å². The van der Waals surface area contributed by atoms with Crippen molar-refractivity contribution in [2.45, 2.75) is 25.7 Å². The van der Waals surface area contributed by atoms with Crippen LogP contribution in [-0.2, 0) is 14.4 Å². The summed E-state index contributed by atoms with van der Waals surface area (Å²) < 4.78 is 0. The van der Waals surface area contributed by atoms with Crippen molar-refractivity contribution in [1.29, 1.82) is 0 Å². The molecule has 1 saturated heterocycles. The summed E-state index contributed by atoms with van der Waals surface area (Å²) in [6.45, 7) is 4.13. The molecule has 0 unspecified atom stereocenters. The Morgan fingerprint density at radius 1 is 1.17 bits per heavy atom. The average Bonchev–Trinajstić information content (AvgIpc) is 2.72. The molecule has 158 valence electrons. The van der Waals surface area contributed by atoms with E-state index in [1.165, 1.54) is 32.4 Å². The first kappa shape index (κ1) is 24.3. The molecule has 1 aliphatic heterocycles. The molecule has 0 spiro atoms. The van der Waals surface area contributed by atoms with Crippen molar-refractivity contribution in [2.24, 2.45) is 5.16 Å². The molecule has 1 aromatic rings. The number of carbonyl (C=O) groups is 2. The number of nitrogens with zero attached hydrogens (tertiary/aromatic N) is 3. The Hall–Kier alpha value is -2.71. The Morgan fingerprint density at radius 3 is 2.45 bits per heavy atom. The number of aliphatic carboxylic acids is 2. The van der Waals surface area contributed by atoms with Crippen molar-refractivity contribution < 1.29 is 24.6 Å². The third-order valence-corrected chi connectivity index (χ3v) is 3.97. The third-order valence-electron chi connectivity index (χ3n) is 3.78. The highest BCUT2D eigenvalue weighted by molar-refractivity contribution is 6.68. The Bertz CT molecular complexity index is 685. The number of hydrogen-bond donors (Lipinski definition) is 2. The molecule has 0 atom stereocenters. The molecule has 9 heteroatoms. The van der Waals surface area contributed by atoms with Crippen LogP contribution in [0.1, 0.15) is 31.2 Å². The van der Waals surface area contributed by atoms with Crippen LogP contribution < -0.4 is 0 Å². The minimum Gasteiger partial charge on any atom is -0.478 e. The summed E-state index contributed by atoms with van der Waals surface area (Å²) in [7, 11) is 0. The number of carboxylic acids is 2. The molecule has 0 bridgehead atoms. The van der Waals surface area contributed by atoms with Gasteiger partial charge >= 0.3 is 11.9 Å². The fraction of sp³-hybridized carbons (Fsp3) is 0.400. The fourth-order valence-electron chi connectivity index (χ4n) is 2.46. The van der Waals surface area contributed by atoms with Crippen molar-refractivity contribution in [1.82, 2.24) is 9.88 Å². The molecule has 1 aliphatic rings. The van der Waals surface area contributed by atoms with E-state index in [2.05, 4.69) is 15.0 Å². The summed E-state index contributed by atoms with van der Waals surface area (Å²) >= 11 is 5.97. The maximum atomic E-state index is 9.55. The quantitative estimate of drug-likeness (QED) is 0.271. The second-order valence-corrected chi connectivity index (χ2v) is 6.52. The van der Waals surface area contributed by atoms with Gasteiger partial charge in [-0.15, -0.1) is 0 Å². The van der Waals surface area contributed by atoms with Gasteiger partial charge in [-0.1, -0.05) is 35.3 Å². The van der Waals surface area contributed by atoms with E-state index in [0.717, 1.165) is 18.5 Å². The maximum absolute atomic E-state index is 9.55. The van der Waals surface area contributed by atoms with E-state index in [9.17, 15) is 9.59 Å². The maximum Gasteiger partial charge on any atom is 0.328 e. The zero-order valence-electron chi connectivity index (χ0n) is 16.1. The van der Waals surface area contributed by atoms with Gasteiger partial charge in [-0.25, -0.2) is 9.59 Å². The zero-order chi connectivity index (χ0) is 21.3. The van der Waals surface area contributed by atoms with E-state index in [0.29, 0.717) is 23.9 Å². The van der Waals surface area contributed by atoms with Gasteiger partial charge in [0, 0.05) is 31.1 Å². The van der Waals surface area contributed by atoms with E-state index in [-0.39, 0.29) is 0 Å². The first-order valence-electron chi connectivity index (χ1n) is 9.27. The Labute approximate surface area is 175 Å². The molecule has 0 radical (unpaired) electrons. The zero-order valence-corrected chi connectivity index (χ0v) is 16.9. The summed E-state index contributed by atoms with van der Waals surface area (Å²) in [4.78, 5) is 30.9. The fourth-order valence-corrected chi connectivity index (χ4v) is 2.57. The Balaban J connectivity index is 0.000000447. The summed E-state index contributed by atoms with van der Waals surface area (Å²) in [5, 5.41) is 19.8. The van der Waals surface area contributed by atoms with Gasteiger partial charge in [0.05, 0.1) is 0 Å². The number of piperidine rings is 1. The van der Waals surface area contributed by atoms with E-state index in [4.69, 9.17) is 26.7 Å². The minimum absolute atomic E-state index is 0.344. The minimum atomic E-state index is -1.26. The molecule has 1 fully saturated rings. The predicted octanol–water partition coefficient (Wildman–Crippen LogP) is 3.25. The average molecular weight is 424 g/mol. The molecule has 0 saturated carbocycles. The number of hydrogen-bond acceptors (Lipinski definition) is 6. The molecule has 29 heavy (non-hydrogen) atoms. The standard InChI is InChI=1S/C16H22ClN3O.C4H4O4/c17-16(8-7-15-6-4-9-18-14-15)19-21-13-5-12-20-10-2-1-3-11-20;5-3(6)1-2-4(7)8/h4,6-9,14H,1-3,5,10-13H2;1-2H,(H,5,6)(H,7,8). The molecule has 2 heterocycles. The van der Waals surface area contributed by atoms with Gasteiger partial charge in [0.2, 0.25) is 0 Å². The lowest BCUT2D eigenvalue weighted by Gasteiger charge is -2.25. The van der Waals surface area contributed by atoms with Crippen LogP contribution >= 0.6 is 11.6 Å². The molecular formula is C20H26ClN3O5. The highest BCUT2D eigenvalue weighted by atomic mass is 35.5. The van der Waals surface area contributed by atoms with E-state index in [1.807, 2.05) is 18.2 Å². The number of rotatable bonds is 9. The van der Waals surface area contributed by atoms with Crippen LogP contribution in [0.2, 0.25) is 0 Å². The monoisotopic (exact) mass is 423 g/mol. The first-order valence-corrected chi connectivity index (χ1v) is 9.65. The summed E-state index contributed by atoms with van der Waals surface area (Å²) in [5.41, 5.74) is 0.982. The van der Waals surface area contributed by atoms with Gasteiger partial charge in [-0.3, -0.25) is 4.98 Å². The number of carboxylic acid groups (broad SMARTS) is 2. The van der Waals surface area contributed by atoms with Gasteiger partial charge in [0.25, 0.3) is 0 Å². The lowest BCUT2D eigenvalue weighted by atomic mass is 10.1. The van der Waals surface area contributed by atoms with E-state index in [1.54, 1.807) is 18.5 Å². The van der Waals surface area contributed by atoms with Crippen molar-refractivity contribution >= 4 is 34.8 Å². The van der Waals surface area contributed by atoms with Crippen LogP contribution in [0.3, 0.4) is 0 Å². The molecule has 8 nitrogen and oxygen atoms in total. The highest BCUT2D eigenvalue weighted by Crippen LogP contribution is 2.08. The molecule has 0 amide bonds. The number of aromatic nitrogens is 1. The molecule has 2 rings (SSSR count). The van der Waals surface area contributed by atoms with Crippen LogP contribution in [0, 0.1) is 0 Å². The highest BCUT2D eigenvalue weighted by Gasteiger charge is 2.08. The smallest absolute Gasteiger partial charge is 0.328 e. The van der Waals surface area contributed by atoms with E-state index >= 15 is 0 Å². The second kappa shape index (κ2) is 15.2. The van der Waals surface area contributed by atoms with Gasteiger partial charge < -0.3 is 20.0 Å². The topological polar surface area (TPSA) is 112 Å². The molecule has 1 aromatic heterocycles. The lowest BCUT2D eigenvalue weighted by Crippen LogP contribution is -2.31.